The molecular formula is C7H12NO+. The van der Waals surface area contributed by atoms with E-state index in [1.807, 2.05) is 13.0 Å². The van der Waals surface area contributed by atoms with Gasteiger partial charge in [-0.05, 0) is 13.0 Å². The first-order chi connectivity index (χ1) is 4.31. The van der Waals surface area contributed by atoms with Crippen LogP contribution >= 0.6 is 0 Å². The molecule has 0 unspecified atom stereocenters. The number of hydrogen-bond acceptors (Lipinski definition) is 1. The molecule has 0 aliphatic heterocycles. The first-order valence-corrected chi connectivity index (χ1v) is 2.72. The second-order valence-electron chi connectivity index (χ2n) is 1.64. The maximum atomic E-state index is 5.19. The molecule has 0 atom stereocenters. The zero-order valence-electron chi connectivity index (χ0n) is 5.79. The summed E-state index contributed by atoms with van der Waals surface area (Å²) in [6.45, 7) is 1.92. The van der Waals surface area contributed by atoms with Gasteiger partial charge in [-0.15, -0.1) is 0 Å². The molecule has 2 heteroatoms. The Hall–Kier alpha value is -1.05. The number of ether oxygens (including phenoxy) is 1. The summed E-state index contributed by atoms with van der Waals surface area (Å²) in [7, 11) is 1.60. The molecule has 0 bridgehead atoms. The fourth-order valence-corrected chi connectivity index (χ4v) is 0.325. The van der Waals surface area contributed by atoms with Crippen molar-refractivity contribution in [2.75, 3.05) is 7.11 Å². The summed E-state index contributed by atoms with van der Waals surface area (Å²) in [5.74, 6) is 0. The average Bonchev–Trinajstić information content (AvgIpc) is 1.89. The van der Waals surface area contributed by atoms with Crippen LogP contribution in [0.25, 0.3) is 0 Å². The molecule has 2 nitrogen and oxygen atoms in total. The third-order valence-corrected chi connectivity index (χ3v) is 0.837. The fourth-order valence-electron chi connectivity index (χ4n) is 0.325. The molecule has 0 heterocycles. The van der Waals surface area contributed by atoms with E-state index in [1.165, 1.54) is 0 Å². The van der Waals surface area contributed by atoms with E-state index in [4.69, 9.17) is 5.41 Å². The highest BCUT2D eigenvalue weighted by atomic mass is 16.5. The first-order valence-electron chi connectivity index (χ1n) is 2.72. The minimum absolute atomic E-state index is 1.02. The van der Waals surface area contributed by atoms with Gasteiger partial charge in [0.1, 0.15) is 0 Å². The molecule has 0 amide bonds. The van der Waals surface area contributed by atoms with Gasteiger partial charge < -0.3 is 4.74 Å². The lowest BCUT2D eigenvalue weighted by atomic mass is 10.3. The second-order valence-corrected chi connectivity index (χ2v) is 1.64. The predicted molar refractivity (Wildman–Crippen MR) is 37.9 cm³/mol. The molecule has 0 radical (unpaired) electrons. The molecule has 9 heavy (non-hydrogen) atoms. The number of rotatable bonds is 3. The van der Waals surface area contributed by atoms with Gasteiger partial charge in [0.15, 0.2) is 6.21 Å². The van der Waals surface area contributed by atoms with E-state index in [0.717, 1.165) is 5.57 Å². The molecule has 0 saturated carbocycles. The van der Waals surface area contributed by atoms with Crippen molar-refractivity contribution in [3.05, 3.63) is 24.0 Å². The normalized spacial score (nSPS) is 12.0. The molecular weight excluding hydrogens is 114 g/mol. The van der Waals surface area contributed by atoms with Gasteiger partial charge in [-0.2, -0.15) is 0 Å². The van der Waals surface area contributed by atoms with E-state index in [1.54, 1.807) is 25.7 Å². The van der Waals surface area contributed by atoms with Crippen LogP contribution in [0, 0.1) is 0 Å². The molecule has 50 valence electrons. The van der Waals surface area contributed by atoms with Crippen molar-refractivity contribution in [2.24, 2.45) is 0 Å². The van der Waals surface area contributed by atoms with Crippen molar-refractivity contribution < 1.29 is 10.1 Å². The monoisotopic (exact) mass is 126 g/mol. The SMILES string of the molecule is CO/C=C/C=C(/C)C=[NH2+]. The van der Waals surface area contributed by atoms with Crippen LogP contribution in [0.15, 0.2) is 24.0 Å². The van der Waals surface area contributed by atoms with Crippen molar-refractivity contribution in [1.82, 2.24) is 0 Å². The molecule has 0 aliphatic carbocycles. The van der Waals surface area contributed by atoms with Gasteiger partial charge in [0.05, 0.1) is 13.4 Å². The van der Waals surface area contributed by atoms with Crippen LogP contribution in [0.3, 0.4) is 0 Å². The van der Waals surface area contributed by atoms with Gasteiger partial charge in [-0.25, -0.2) is 0 Å². The maximum absolute atomic E-state index is 5.19. The van der Waals surface area contributed by atoms with Crippen molar-refractivity contribution in [1.29, 1.82) is 0 Å². The van der Waals surface area contributed by atoms with Crippen molar-refractivity contribution in [2.45, 2.75) is 6.92 Å². The molecule has 0 aromatic carbocycles. The average molecular weight is 126 g/mol. The van der Waals surface area contributed by atoms with Crippen molar-refractivity contribution in [3.8, 4) is 0 Å². The van der Waals surface area contributed by atoms with E-state index in [2.05, 4.69) is 4.74 Å². The fraction of sp³-hybridized carbons (Fsp3) is 0.286. The third kappa shape index (κ3) is 4.81. The minimum atomic E-state index is 1.02. The lowest BCUT2D eigenvalue weighted by Crippen LogP contribution is -2.29. The maximum Gasteiger partial charge on any atom is 0.163 e. The van der Waals surface area contributed by atoms with E-state index in [0.29, 0.717) is 0 Å². The Balaban J connectivity index is 3.68. The van der Waals surface area contributed by atoms with E-state index in [-0.39, 0.29) is 0 Å². The molecule has 0 saturated heterocycles. The molecule has 0 rings (SSSR count). The Labute approximate surface area is 55.3 Å². The van der Waals surface area contributed by atoms with E-state index < -0.39 is 0 Å². The summed E-state index contributed by atoms with van der Waals surface area (Å²) in [5, 5.41) is 5.19. The molecule has 0 spiro atoms. The Bertz CT molecular complexity index is 136. The summed E-state index contributed by atoms with van der Waals surface area (Å²) >= 11 is 0. The van der Waals surface area contributed by atoms with Crippen LogP contribution in [0.4, 0.5) is 0 Å². The van der Waals surface area contributed by atoms with Crippen LogP contribution < -0.4 is 5.41 Å². The van der Waals surface area contributed by atoms with Crippen molar-refractivity contribution >= 4 is 6.21 Å². The minimum Gasteiger partial charge on any atom is -0.504 e. The van der Waals surface area contributed by atoms with E-state index in [9.17, 15) is 0 Å². The first kappa shape index (κ1) is 7.95. The lowest BCUT2D eigenvalue weighted by Gasteiger charge is -1.82. The zero-order chi connectivity index (χ0) is 7.11. The molecule has 0 aromatic rings. The number of nitrogens with two attached hydrogens (primary N) is 1. The number of allylic oxidation sites excluding steroid dienone is 3. The van der Waals surface area contributed by atoms with Crippen LogP contribution in [-0.4, -0.2) is 13.3 Å². The largest absolute Gasteiger partial charge is 0.504 e. The van der Waals surface area contributed by atoms with Gasteiger partial charge in [-0.3, -0.25) is 5.41 Å². The number of methoxy groups -OCH3 is 1. The van der Waals surface area contributed by atoms with Crippen LogP contribution in [-0.2, 0) is 4.74 Å². The molecule has 0 fully saturated rings. The highest BCUT2D eigenvalue weighted by Crippen LogP contribution is 1.85. The van der Waals surface area contributed by atoms with Crippen LogP contribution in [0.5, 0.6) is 0 Å². The standard InChI is InChI=1S/C7H11NO/c1-7(6-8)4-3-5-9-2/h3-6,8H,1-2H3/p+1/b5-3+,7-4-,8-6?. The molecule has 0 aliphatic rings. The van der Waals surface area contributed by atoms with Gasteiger partial charge in [0.25, 0.3) is 0 Å². The summed E-state index contributed by atoms with van der Waals surface area (Å²) in [5.41, 5.74) is 1.02. The predicted octanol–water partition coefficient (Wildman–Crippen LogP) is -0.0773. The van der Waals surface area contributed by atoms with Crippen molar-refractivity contribution in [3.63, 3.8) is 0 Å². The second kappa shape index (κ2) is 5.09. The van der Waals surface area contributed by atoms with Crippen LogP contribution in [0.2, 0.25) is 0 Å². The van der Waals surface area contributed by atoms with Gasteiger partial charge >= 0.3 is 0 Å². The highest BCUT2D eigenvalue weighted by molar-refractivity contribution is 5.72. The quantitative estimate of drug-likeness (QED) is 0.320. The summed E-state index contributed by atoms with van der Waals surface area (Å²) in [6.07, 6.45) is 6.79. The van der Waals surface area contributed by atoms with Crippen LogP contribution in [0.1, 0.15) is 6.92 Å². The highest BCUT2D eigenvalue weighted by Gasteiger charge is 1.77. The van der Waals surface area contributed by atoms with Gasteiger partial charge in [-0.1, -0.05) is 6.08 Å². The molecule has 0 aromatic heterocycles. The molecule has 2 N–H and O–H groups in total. The third-order valence-electron chi connectivity index (χ3n) is 0.837. The van der Waals surface area contributed by atoms with Gasteiger partial charge in [0, 0.05) is 5.57 Å². The summed E-state index contributed by atoms with van der Waals surface area (Å²) in [6, 6.07) is 0. The smallest absolute Gasteiger partial charge is 0.163 e. The lowest BCUT2D eigenvalue weighted by molar-refractivity contribution is -0.104. The summed E-state index contributed by atoms with van der Waals surface area (Å²) in [4.78, 5) is 0. The topological polar surface area (TPSA) is 34.8 Å². The Morgan fingerprint density at radius 1 is 1.56 bits per heavy atom. The Kier molecular flexibility index (Phi) is 4.50. The summed E-state index contributed by atoms with van der Waals surface area (Å²) < 4.78 is 4.66. The zero-order valence-corrected chi connectivity index (χ0v) is 5.79. The Morgan fingerprint density at radius 2 is 2.22 bits per heavy atom. The Morgan fingerprint density at radius 3 is 2.67 bits per heavy atom. The van der Waals surface area contributed by atoms with Gasteiger partial charge in [0.2, 0.25) is 0 Å². The number of hydrogen-bond donors (Lipinski definition) is 1. The van der Waals surface area contributed by atoms with E-state index >= 15 is 0 Å².